The van der Waals surface area contributed by atoms with E-state index < -0.39 is 41.8 Å². The first kappa shape index (κ1) is 27.5. The van der Waals surface area contributed by atoms with Crippen LogP contribution in [0, 0.1) is 0 Å². The zero-order valence-corrected chi connectivity index (χ0v) is 19.4. The van der Waals surface area contributed by atoms with Crippen molar-refractivity contribution >= 4 is 23.7 Å². The summed E-state index contributed by atoms with van der Waals surface area (Å²) < 4.78 is 0. The number of carbonyl (C=O) groups is 4. The number of hydrogen-bond donors (Lipinski definition) is 7. The van der Waals surface area contributed by atoms with Crippen molar-refractivity contribution < 1.29 is 24.3 Å². The number of nitrogens with one attached hydrogen (secondary N) is 4. The number of carboxylic acid groups (broad SMARTS) is 1. The Morgan fingerprint density at radius 3 is 2.20 bits per heavy atom. The normalized spacial score (nSPS) is 13.3. The smallest absolute Gasteiger partial charge is 0.326 e. The van der Waals surface area contributed by atoms with Crippen molar-refractivity contribution in [2.24, 2.45) is 11.5 Å². The Morgan fingerprint density at radius 2 is 1.60 bits per heavy atom. The number of hydrogen-bond acceptors (Lipinski definition) is 7. The zero-order chi connectivity index (χ0) is 25.6. The van der Waals surface area contributed by atoms with Gasteiger partial charge >= 0.3 is 5.97 Å². The lowest BCUT2D eigenvalue weighted by Crippen LogP contribution is -2.57. The lowest BCUT2D eigenvalue weighted by Gasteiger charge is -2.24. The minimum atomic E-state index is -1.21. The highest BCUT2D eigenvalue weighted by Gasteiger charge is 2.30. The van der Waals surface area contributed by atoms with Gasteiger partial charge < -0.3 is 37.5 Å². The van der Waals surface area contributed by atoms with Gasteiger partial charge in [0, 0.05) is 24.7 Å². The number of aromatic amines is 1. The maximum Gasteiger partial charge on any atom is 0.326 e. The van der Waals surface area contributed by atoms with Gasteiger partial charge in [-0.1, -0.05) is 30.3 Å². The number of aromatic nitrogens is 2. The molecule has 0 spiro atoms. The molecule has 0 bridgehead atoms. The molecule has 9 N–H and O–H groups in total. The zero-order valence-electron chi connectivity index (χ0n) is 19.4. The number of carbonyl (C=O) groups excluding carboxylic acids is 3. The molecule has 2 aromatic rings. The number of rotatable bonds is 15. The number of nitrogens with zero attached hydrogens (tertiary/aromatic N) is 1. The van der Waals surface area contributed by atoms with Crippen LogP contribution in [0.3, 0.4) is 0 Å². The molecule has 0 fully saturated rings. The predicted octanol–water partition coefficient (Wildman–Crippen LogP) is -1.18. The summed E-state index contributed by atoms with van der Waals surface area (Å²) in [5.41, 5.74) is 12.2. The Morgan fingerprint density at radius 1 is 0.914 bits per heavy atom. The Balaban J connectivity index is 2.17. The molecular formula is C23H33N7O5. The monoisotopic (exact) mass is 487 g/mol. The van der Waals surface area contributed by atoms with Crippen LogP contribution in [0.4, 0.5) is 0 Å². The van der Waals surface area contributed by atoms with E-state index >= 15 is 0 Å². The van der Waals surface area contributed by atoms with Crippen molar-refractivity contribution in [1.82, 2.24) is 25.9 Å². The fraction of sp³-hybridized carbons (Fsp3) is 0.435. The van der Waals surface area contributed by atoms with Crippen molar-refractivity contribution in [2.45, 2.75) is 50.2 Å². The van der Waals surface area contributed by atoms with E-state index in [9.17, 15) is 24.3 Å². The van der Waals surface area contributed by atoms with Crippen molar-refractivity contribution in [1.29, 1.82) is 0 Å². The van der Waals surface area contributed by atoms with Gasteiger partial charge in [0.1, 0.15) is 18.1 Å². The molecule has 12 heteroatoms. The summed E-state index contributed by atoms with van der Waals surface area (Å²) in [6, 6.07) is 5.64. The minimum Gasteiger partial charge on any atom is -0.480 e. The fourth-order valence-electron chi connectivity index (χ4n) is 3.43. The van der Waals surface area contributed by atoms with Gasteiger partial charge in [0.2, 0.25) is 17.7 Å². The molecule has 2 rings (SSSR count). The number of nitrogens with two attached hydrogens (primary N) is 2. The van der Waals surface area contributed by atoms with Crippen molar-refractivity contribution in [3.05, 3.63) is 54.1 Å². The summed E-state index contributed by atoms with van der Waals surface area (Å²) in [5, 5.41) is 17.4. The topological polar surface area (TPSA) is 205 Å². The summed E-state index contributed by atoms with van der Waals surface area (Å²) in [6.45, 7) is 0.139. The Hall–Kier alpha value is -3.77. The average Bonchev–Trinajstić information content (AvgIpc) is 3.36. The first-order valence-electron chi connectivity index (χ1n) is 11.4. The van der Waals surface area contributed by atoms with E-state index in [-0.39, 0.29) is 19.4 Å². The highest BCUT2D eigenvalue weighted by Crippen LogP contribution is 2.07. The Kier molecular flexibility index (Phi) is 11.4. The number of H-pyrrole nitrogens is 1. The van der Waals surface area contributed by atoms with E-state index in [0.717, 1.165) is 5.56 Å². The quantitative estimate of drug-likeness (QED) is 0.152. The standard InChI is InChI=1S/C23H33N7O5/c24-9-5-4-8-17(28-20(31)12-25)21(32)29-18(11-16-13-26-14-27-16)22(33)30-19(23(34)35)10-15-6-2-1-3-7-15/h1-3,6-7,13-14,17-19H,4-5,8-12,24-25H2,(H,26,27)(H,28,31)(H,29,32)(H,30,33)(H,34,35). The summed E-state index contributed by atoms with van der Waals surface area (Å²) in [7, 11) is 0. The first-order chi connectivity index (χ1) is 16.8. The van der Waals surface area contributed by atoms with Crippen LogP contribution in [0.25, 0.3) is 0 Å². The molecule has 0 radical (unpaired) electrons. The van der Waals surface area contributed by atoms with Crippen LogP contribution in [0.1, 0.15) is 30.5 Å². The fourth-order valence-corrected chi connectivity index (χ4v) is 3.43. The molecule has 1 heterocycles. The second-order valence-electron chi connectivity index (χ2n) is 8.04. The molecule has 0 aliphatic heterocycles. The van der Waals surface area contributed by atoms with Crippen molar-refractivity contribution in [3.8, 4) is 0 Å². The average molecular weight is 488 g/mol. The van der Waals surface area contributed by atoms with Gasteiger partial charge in [0.25, 0.3) is 0 Å². The minimum absolute atomic E-state index is 0.0373. The van der Waals surface area contributed by atoms with Gasteiger partial charge in [-0.05, 0) is 31.4 Å². The van der Waals surface area contributed by atoms with Gasteiger partial charge in [-0.3, -0.25) is 14.4 Å². The van der Waals surface area contributed by atoms with Gasteiger partial charge in [-0.25, -0.2) is 9.78 Å². The number of carboxylic acids is 1. The van der Waals surface area contributed by atoms with Crippen LogP contribution in [0.5, 0.6) is 0 Å². The molecule has 35 heavy (non-hydrogen) atoms. The summed E-state index contributed by atoms with van der Waals surface area (Å²) >= 11 is 0. The van der Waals surface area contributed by atoms with Crippen LogP contribution in [0.2, 0.25) is 0 Å². The second kappa shape index (κ2) is 14.5. The third-order valence-electron chi connectivity index (χ3n) is 5.29. The number of amides is 3. The molecule has 0 aliphatic carbocycles. The molecule has 3 unspecified atom stereocenters. The van der Waals surface area contributed by atoms with Crippen molar-refractivity contribution in [2.75, 3.05) is 13.1 Å². The van der Waals surface area contributed by atoms with Crippen molar-refractivity contribution in [3.63, 3.8) is 0 Å². The molecular weight excluding hydrogens is 454 g/mol. The van der Waals surface area contributed by atoms with E-state index in [1.54, 1.807) is 30.3 Å². The van der Waals surface area contributed by atoms with E-state index in [4.69, 9.17) is 11.5 Å². The highest BCUT2D eigenvalue weighted by atomic mass is 16.4. The first-order valence-corrected chi connectivity index (χ1v) is 11.4. The molecule has 0 aliphatic rings. The lowest BCUT2D eigenvalue weighted by atomic mass is 10.0. The molecule has 1 aromatic carbocycles. The Labute approximate surface area is 203 Å². The second-order valence-corrected chi connectivity index (χ2v) is 8.04. The van der Waals surface area contributed by atoms with E-state index in [2.05, 4.69) is 25.9 Å². The molecule has 0 saturated heterocycles. The Bertz CT molecular complexity index is 952. The van der Waals surface area contributed by atoms with E-state index in [1.165, 1.54) is 12.5 Å². The van der Waals surface area contributed by atoms with Crippen LogP contribution in [-0.2, 0) is 32.0 Å². The predicted molar refractivity (Wildman–Crippen MR) is 128 cm³/mol. The largest absolute Gasteiger partial charge is 0.480 e. The number of benzene rings is 1. The van der Waals surface area contributed by atoms with Gasteiger partial charge in [0.05, 0.1) is 12.9 Å². The molecule has 3 atom stereocenters. The summed E-state index contributed by atoms with van der Waals surface area (Å²) in [6.07, 6.45) is 4.57. The summed E-state index contributed by atoms with van der Waals surface area (Å²) in [4.78, 5) is 56.6. The lowest BCUT2D eigenvalue weighted by molar-refractivity contribution is -0.142. The van der Waals surface area contributed by atoms with Crippen LogP contribution >= 0.6 is 0 Å². The van der Waals surface area contributed by atoms with E-state index in [0.29, 0.717) is 31.5 Å². The third-order valence-corrected chi connectivity index (χ3v) is 5.29. The highest BCUT2D eigenvalue weighted by molar-refractivity contribution is 5.93. The number of unbranched alkanes of at least 4 members (excludes halogenated alkanes) is 1. The molecule has 0 saturated carbocycles. The SMILES string of the molecule is NCCCCC(NC(=O)CN)C(=O)NC(Cc1cnc[nH]1)C(=O)NC(Cc1ccccc1)C(=O)O. The van der Waals surface area contributed by atoms with Gasteiger partial charge in [0.15, 0.2) is 0 Å². The van der Waals surface area contributed by atoms with Crippen LogP contribution in [0.15, 0.2) is 42.9 Å². The summed E-state index contributed by atoms with van der Waals surface area (Å²) in [5.74, 6) is -2.98. The third kappa shape index (κ3) is 9.55. The number of aliphatic carboxylic acids is 1. The van der Waals surface area contributed by atoms with E-state index in [1.807, 2.05) is 0 Å². The number of imidazole rings is 1. The van der Waals surface area contributed by atoms with Gasteiger partial charge in [-0.15, -0.1) is 0 Å². The maximum absolute atomic E-state index is 13.1. The maximum atomic E-state index is 13.1. The van der Waals surface area contributed by atoms with Crippen LogP contribution < -0.4 is 27.4 Å². The van der Waals surface area contributed by atoms with Crippen LogP contribution in [-0.4, -0.2) is 70.0 Å². The molecule has 12 nitrogen and oxygen atoms in total. The molecule has 3 amide bonds. The van der Waals surface area contributed by atoms with Gasteiger partial charge in [-0.2, -0.15) is 0 Å². The molecule has 1 aromatic heterocycles. The molecule has 190 valence electrons.